The number of carbonyl (C=O) groups is 2. The zero-order chi connectivity index (χ0) is 7.58. The molecule has 0 aromatic rings. The van der Waals surface area contributed by atoms with Gasteiger partial charge in [-0.1, -0.05) is 0 Å². The van der Waals surface area contributed by atoms with Gasteiger partial charge >= 0.3 is 59.1 Å². The minimum Gasteiger partial charge on any atom is -0.784 e. The molecule has 50 valence electrons. The van der Waals surface area contributed by atoms with E-state index in [9.17, 15) is 0 Å². The van der Waals surface area contributed by atoms with E-state index in [4.69, 9.17) is 22.9 Å². The first-order chi connectivity index (χ1) is 3.73. The Morgan fingerprint density at radius 2 is 0.900 bits per heavy atom. The van der Waals surface area contributed by atoms with E-state index < -0.39 is 11.4 Å². The van der Waals surface area contributed by atoms with Gasteiger partial charge in [0.15, 0.2) is 0 Å². The smallest absolute Gasteiger partial charge is 0.784 e. The van der Waals surface area contributed by atoms with Gasteiger partial charge in [-0.15, -0.1) is 11.4 Å². The summed E-state index contributed by atoms with van der Waals surface area (Å²) in [5.41, 5.74) is 0. The van der Waals surface area contributed by atoms with Crippen molar-refractivity contribution >= 4 is 24.9 Å². The summed E-state index contributed by atoms with van der Waals surface area (Å²) in [7, 11) is 0. The average molecular weight is 186 g/mol. The molecule has 0 aliphatic carbocycles. The van der Waals surface area contributed by atoms with Crippen molar-refractivity contribution in [1.82, 2.24) is 0 Å². The van der Waals surface area contributed by atoms with Crippen molar-refractivity contribution in [2.45, 2.75) is 0 Å². The third-order valence-electron chi connectivity index (χ3n) is 0. The van der Waals surface area contributed by atoms with Crippen LogP contribution < -0.4 is 59.1 Å². The minimum absolute atomic E-state index is 0. The molecule has 0 fully saturated rings. The summed E-state index contributed by atoms with van der Waals surface area (Å²) in [6, 6.07) is 0. The summed E-state index contributed by atoms with van der Waals surface area (Å²) in [6.45, 7) is 4.00. The maximum Gasteiger partial charge on any atom is 1.00 e. The third-order valence-corrected chi connectivity index (χ3v) is 0. The van der Waals surface area contributed by atoms with Gasteiger partial charge in [0.25, 0.3) is 0 Å². The number of hydrogen-bond donors (Lipinski definition) is 0. The van der Waals surface area contributed by atoms with Gasteiger partial charge in [0.1, 0.15) is 13.6 Å². The van der Waals surface area contributed by atoms with Crippen LogP contribution in [0.25, 0.3) is 0 Å². The molecule has 0 aliphatic heterocycles. The maximum absolute atomic E-state index is 8.44. The van der Waals surface area contributed by atoms with Crippen molar-refractivity contribution in [3.05, 3.63) is 0 Å². The predicted molar refractivity (Wildman–Crippen MR) is 23.9 cm³/mol. The molecule has 0 saturated heterocycles. The summed E-state index contributed by atoms with van der Waals surface area (Å²) in [4.78, 5) is 16.0. The molecule has 0 saturated carbocycles. The first kappa shape index (κ1) is 30.1. The molecule has 8 heteroatoms. The molecule has 0 spiro atoms. The molecule has 0 rings (SSSR count). The fourth-order valence-corrected chi connectivity index (χ4v) is 0. The summed E-state index contributed by atoms with van der Waals surface area (Å²) in [5.74, 6) is 0. The molecule has 0 atom stereocenters. The monoisotopic (exact) mass is 186 g/mol. The van der Waals surface area contributed by atoms with Crippen LogP contribution in [0.1, 0.15) is 0 Å². The van der Waals surface area contributed by atoms with Crippen LogP contribution in [0, 0.1) is 0 Å². The van der Waals surface area contributed by atoms with Gasteiger partial charge in [-0.25, -0.2) is 0 Å². The molecule has 0 radical (unpaired) electrons. The SMILES string of the molecule is C=O.C=O.O=S([O-])[O-].[Na+].[Na+]. The van der Waals surface area contributed by atoms with Crippen molar-refractivity contribution in [3.8, 4) is 0 Å². The maximum atomic E-state index is 8.44. The molecule has 5 nitrogen and oxygen atoms in total. The van der Waals surface area contributed by atoms with Crippen LogP contribution in [-0.2, 0) is 21.0 Å². The van der Waals surface area contributed by atoms with Gasteiger partial charge < -0.3 is 18.7 Å². The summed E-state index contributed by atoms with van der Waals surface area (Å²) >= 11 is -3.11. The molecular formula is C2H4Na2O5S. The van der Waals surface area contributed by atoms with E-state index in [1.54, 1.807) is 0 Å². The van der Waals surface area contributed by atoms with E-state index in [0.717, 1.165) is 0 Å². The summed E-state index contributed by atoms with van der Waals surface area (Å²) < 4.78 is 25.3. The second-order valence-corrected chi connectivity index (χ2v) is 0.612. The summed E-state index contributed by atoms with van der Waals surface area (Å²) in [5, 5.41) is 0. The second kappa shape index (κ2) is 47.4. The molecule has 10 heavy (non-hydrogen) atoms. The van der Waals surface area contributed by atoms with E-state index in [2.05, 4.69) is 0 Å². The largest absolute Gasteiger partial charge is 1.00 e. The Kier molecular flexibility index (Phi) is 143. The minimum atomic E-state index is -3.11. The van der Waals surface area contributed by atoms with E-state index >= 15 is 0 Å². The van der Waals surface area contributed by atoms with Crippen LogP contribution in [0.3, 0.4) is 0 Å². The first-order valence-corrected chi connectivity index (χ1v) is 2.08. The van der Waals surface area contributed by atoms with Gasteiger partial charge in [-0.05, 0) is 0 Å². The molecule has 0 unspecified atom stereocenters. The van der Waals surface area contributed by atoms with Crippen LogP contribution >= 0.6 is 0 Å². The fourth-order valence-electron chi connectivity index (χ4n) is 0. The average Bonchev–Trinajstić information content (AvgIpc) is 1.75. The van der Waals surface area contributed by atoms with Crippen molar-refractivity contribution < 1.29 is 82.0 Å². The van der Waals surface area contributed by atoms with E-state index in [-0.39, 0.29) is 59.1 Å². The standard InChI is InChI=1S/2CH2O.2Na.H2O3S/c2*1-2;;;1-4(2)3/h2*1H2;;;(H2,1,2,3)/q;;2*+1;/p-2. The van der Waals surface area contributed by atoms with Crippen LogP contribution in [-0.4, -0.2) is 26.9 Å². The Bertz CT molecular complexity index is 55.6. The van der Waals surface area contributed by atoms with Crippen LogP contribution in [0.15, 0.2) is 0 Å². The molecule has 0 aromatic heterocycles. The molecule has 0 aromatic carbocycles. The normalized spacial score (nSPS) is 4.30. The van der Waals surface area contributed by atoms with Gasteiger partial charge in [-0.2, -0.15) is 0 Å². The van der Waals surface area contributed by atoms with E-state index in [0.29, 0.717) is 0 Å². The van der Waals surface area contributed by atoms with Gasteiger partial charge in [-0.3, -0.25) is 4.21 Å². The number of hydrogen-bond acceptors (Lipinski definition) is 5. The Hall–Kier alpha value is 1.41. The third kappa shape index (κ3) is 335. The van der Waals surface area contributed by atoms with Crippen molar-refractivity contribution in [2.75, 3.05) is 0 Å². The Balaban J connectivity index is -0.0000000125. The number of rotatable bonds is 0. The zero-order valence-corrected chi connectivity index (χ0v) is 10.7. The number of carbonyl (C=O) groups excluding carboxylic acids is 2. The Morgan fingerprint density at radius 1 is 0.900 bits per heavy atom. The zero-order valence-electron chi connectivity index (χ0n) is 5.86. The Morgan fingerprint density at radius 3 is 0.900 bits per heavy atom. The van der Waals surface area contributed by atoms with E-state index in [1.165, 1.54) is 0 Å². The Labute approximate surface area is 106 Å². The van der Waals surface area contributed by atoms with Crippen LogP contribution in [0.5, 0.6) is 0 Å². The van der Waals surface area contributed by atoms with Crippen molar-refractivity contribution in [2.24, 2.45) is 0 Å². The van der Waals surface area contributed by atoms with Gasteiger partial charge in [0, 0.05) is 0 Å². The van der Waals surface area contributed by atoms with Gasteiger partial charge in [0.05, 0.1) is 0 Å². The van der Waals surface area contributed by atoms with Crippen molar-refractivity contribution in [1.29, 1.82) is 0 Å². The molecule has 0 bridgehead atoms. The first-order valence-electron chi connectivity index (χ1n) is 1.08. The van der Waals surface area contributed by atoms with Crippen LogP contribution in [0.2, 0.25) is 0 Å². The molecule has 0 amide bonds. The predicted octanol–water partition coefficient (Wildman–Crippen LogP) is -7.37. The van der Waals surface area contributed by atoms with Gasteiger partial charge in [0.2, 0.25) is 0 Å². The topological polar surface area (TPSA) is 97.3 Å². The van der Waals surface area contributed by atoms with Crippen molar-refractivity contribution in [3.63, 3.8) is 0 Å². The molecular weight excluding hydrogens is 182 g/mol. The van der Waals surface area contributed by atoms with Crippen LogP contribution in [0.4, 0.5) is 0 Å². The molecule has 0 aliphatic rings. The molecule has 0 N–H and O–H groups in total. The molecule has 0 heterocycles. The van der Waals surface area contributed by atoms with E-state index in [1.807, 2.05) is 13.6 Å². The second-order valence-electron chi connectivity index (χ2n) is 0.204. The summed E-state index contributed by atoms with van der Waals surface area (Å²) in [6.07, 6.45) is 0. The quantitative estimate of drug-likeness (QED) is 0.276. The fraction of sp³-hybridized carbons (Fsp3) is 0.